The fourth-order valence-electron chi connectivity index (χ4n) is 8.49. The molecule has 0 saturated heterocycles. The van der Waals surface area contributed by atoms with E-state index in [0.717, 1.165) is 6.42 Å². The second-order valence-electron chi connectivity index (χ2n) is 13.1. The van der Waals surface area contributed by atoms with Crippen molar-refractivity contribution >= 4 is 3.81 Å². The van der Waals surface area contributed by atoms with Crippen LogP contribution in [-0.2, 0) is 17.4 Å². The molecule has 0 radical (unpaired) electrons. The summed E-state index contributed by atoms with van der Waals surface area (Å²) >= 11 is -1.83. The van der Waals surface area contributed by atoms with Crippen LogP contribution in [0.5, 0.6) is 0 Å². The summed E-state index contributed by atoms with van der Waals surface area (Å²) in [5.41, 5.74) is 20.0. The van der Waals surface area contributed by atoms with Gasteiger partial charge in [-0.2, -0.15) is 0 Å². The van der Waals surface area contributed by atoms with Gasteiger partial charge in [-0.1, -0.05) is 0 Å². The molecule has 1 fully saturated rings. The van der Waals surface area contributed by atoms with Crippen molar-refractivity contribution in [3.05, 3.63) is 127 Å². The minimum Gasteiger partial charge on any atom is -1.00 e. The van der Waals surface area contributed by atoms with E-state index in [-0.39, 0.29) is 24.8 Å². The summed E-state index contributed by atoms with van der Waals surface area (Å²) in [5, 5.41) is 0. The molecular formula is C41H42Cl2Ti. The average Bonchev–Trinajstić information content (AvgIpc) is 3.70. The van der Waals surface area contributed by atoms with Crippen molar-refractivity contribution in [2.75, 3.05) is 0 Å². The Morgan fingerprint density at radius 2 is 1.05 bits per heavy atom. The molecular weight excluding hydrogens is 611 g/mol. The molecule has 7 rings (SSSR count). The first-order chi connectivity index (χ1) is 20.3. The normalized spacial score (nSPS) is 14.8. The van der Waals surface area contributed by atoms with E-state index in [9.17, 15) is 0 Å². The summed E-state index contributed by atoms with van der Waals surface area (Å²) in [7, 11) is 0. The molecule has 0 nitrogen and oxygen atoms in total. The number of aryl methyl sites for hydroxylation is 6. The molecule has 3 aliphatic carbocycles. The van der Waals surface area contributed by atoms with Gasteiger partial charge in [0.1, 0.15) is 0 Å². The van der Waals surface area contributed by atoms with Crippen LogP contribution in [-0.4, -0.2) is 3.81 Å². The number of halogens is 2. The Kier molecular flexibility index (Phi) is 9.79. The van der Waals surface area contributed by atoms with Gasteiger partial charge in [-0.3, -0.25) is 0 Å². The van der Waals surface area contributed by atoms with Gasteiger partial charge in [0.2, 0.25) is 0 Å². The molecule has 224 valence electrons. The van der Waals surface area contributed by atoms with Crippen LogP contribution >= 0.6 is 0 Å². The Bertz CT molecular complexity index is 1710. The van der Waals surface area contributed by atoms with Crippen LogP contribution < -0.4 is 24.8 Å². The number of allylic oxidation sites excluding steroid dienone is 4. The summed E-state index contributed by atoms with van der Waals surface area (Å²) in [6.07, 6.45) is 13.9. The van der Waals surface area contributed by atoms with Crippen LogP contribution in [0.15, 0.2) is 82.8 Å². The average molecular weight is 654 g/mol. The molecule has 0 amide bonds. The van der Waals surface area contributed by atoms with Crippen LogP contribution in [0, 0.1) is 41.5 Å². The molecule has 0 aliphatic heterocycles. The SMILES string of the molecule is Cc1cc(C)c(-c2ccc3c(c2)[CH]([Ti+2]([C]2=CC=CC2)=[C]2CCCC2)c2cc(-c4c(C)cc(C)cc4C)ccc2-3)c(C)c1.[Cl-].[Cl-]. The van der Waals surface area contributed by atoms with Gasteiger partial charge in [-0.25, -0.2) is 0 Å². The minimum atomic E-state index is -1.83. The summed E-state index contributed by atoms with van der Waals surface area (Å²) in [6.45, 7) is 13.6. The van der Waals surface area contributed by atoms with Crippen LogP contribution in [0.4, 0.5) is 0 Å². The zero-order valence-electron chi connectivity index (χ0n) is 26.9. The smallest absolute Gasteiger partial charge is 1.00 e. The predicted molar refractivity (Wildman–Crippen MR) is 178 cm³/mol. The topological polar surface area (TPSA) is 0 Å². The van der Waals surface area contributed by atoms with E-state index in [1.54, 1.807) is 15.0 Å². The van der Waals surface area contributed by atoms with Crippen molar-refractivity contribution < 1.29 is 42.2 Å². The van der Waals surface area contributed by atoms with Gasteiger partial charge in [0, 0.05) is 0 Å². The maximum absolute atomic E-state index is 2.61. The van der Waals surface area contributed by atoms with Crippen molar-refractivity contribution in [2.24, 2.45) is 0 Å². The molecule has 3 aliphatic rings. The predicted octanol–water partition coefficient (Wildman–Crippen LogP) is 5.16. The van der Waals surface area contributed by atoms with E-state index >= 15 is 0 Å². The Labute approximate surface area is 282 Å². The van der Waals surface area contributed by atoms with Crippen molar-refractivity contribution in [2.45, 2.75) is 77.9 Å². The molecule has 1 saturated carbocycles. The third-order valence-electron chi connectivity index (χ3n) is 9.94. The molecule has 3 heteroatoms. The zero-order chi connectivity index (χ0) is 29.1. The van der Waals surface area contributed by atoms with Gasteiger partial charge in [0.05, 0.1) is 0 Å². The Balaban J connectivity index is 0.00000192. The van der Waals surface area contributed by atoms with E-state index in [4.69, 9.17) is 0 Å². The monoisotopic (exact) mass is 652 g/mol. The molecule has 4 aromatic carbocycles. The van der Waals surface area contributed by atoms with Crippen molar-refractivity contribution in [1.82, 2.24) is 0 Å². The van der Waals surface area contributed by atoms with Crippen molar-refractivity contribution in [1.29, 1.82) is 0 Å². The van der Waals surface area contributed by atoms with E-state index in [0.29, 0.717) is 4.22 Å². The molecule has 0 N–H and O–H groups in total. The van der Waals surface area contributed by atoms with Crippen LogP contribution in [0.1, 0.15) is 80.8 Å². The minimum absolute atomic E-state index is 0. The van der Waals surface area contributed by atoms with Crippen LogP contribution in [0.25, 0.3) is 33.4 Å². The van der Waals surface area contributed by atoms with Gasteiger partial charge in [-0.15, -0.1) is 0 Å². The number of rotatable bonds is 4. The summed E-state index contributed by atoms with van der Waals surface area (Å²) in [4.78, 5) is 0. The first kappa shape index (κ1) is 32.9. The maximum Gasteiger partial charge on any atom is -1.00 e. The molecule has 44 heavy (non-hydrogen) atoms. The first-order valence-electron chi connectivity index (χ1n) is 15.8. The number of hydrogen-bond acceptors (Lipinski definition) is 0. The van der Waals surface area contributed by atoms with Crippen LogP contribution in [0.3, 0.4) is 0 Å². The Morgan fingerprint density at radius 1 is 0.591 bits per heavy atom. The quantitative estimate of drug-likeness (QED) is 0.268. The van der Waals surface area contributed by atoms with E-state index < -0.39 is 17.4 Å². The largest absolute Gasteiger partial charge is 1.00 e. The summed E-state index contributed by atoms with van der Waals surface area (Å²) < 4.78 is 4.23. The molecule has 0 unspecified atom stereocenters. The van der Waals surface area contributed by atoms with E-state index in [1.807, 2.05) is 3.81 Å². The van der Waals surface area contributed by atoms with Gasteiger partial charge < -0.3 is 24.8 Å². The molecule has 0 aromatic heterocycles. The Morgan fingerprint density at radius 3 is 1.45 bits per heavy atom. The van der Waals surface area contributed by atoms with Crippen LogP contribution in [0.2, 0.25) is 0 Å². The van der Waals surface area contributed by atoms with Gasteiger partial charge >= 0.3 is 260 Å². The van der Waals surface area contributed by atoms with Gasteiger partial charge in [0.25, 0.3) is 0 Å². The molecule has 0 heterocycles. The second-order valence-corrected chi connectivity index (χ2v) is 17.4. The molecule has 0 bridgehead atoms. The summed E-state index contributed by atoms with van der Waals surface area (Å²) in [5.74, 6) is 0. The van der Waals surface area contributed by atoms with Gasteiger partial charge in [-0.05, 0) is 0 Å². The number of benzene rings is 4. The molecule has 4 aromatic rings. The third kappa shape index (κ3) is 5.69. The van der Waals surface area contributed by atoms with E-state index in [2.05, 4.69) is 120 Å². The Hall–Kier alpha value is -2.48. The fraction of sp³-hybridized carbons (Fsp3) is 0.293. The van der Waals surface area contributed by atoms with Crippen molar-refractivity contribution in [3.63, 3.8) is 0 Å². The standard InChI is InChI=1S/C31H29.C5H8.C5H5.2ClH.Ti/c1-18-11-20(3)30(21(4)12-18)24-7-9-28-26(15-24)17-27-16-25(8-10-29(27)28)31-22(5)13-19(2)14-23(31)6;2*1-2-4-5-3-1;;;/h7-17H,1-6H3;1-4H2;1-3H,4H2;2*1H;/q;;;;;+2/p-2. The first-order valence-corrected chi connectivity index (χ1v) is 18.3. The maximum atomic E-state index is 2.61. The molecule has 0 atom stereocenters. The van der Waals surface area contributed by atoms with Gasteiger partial charge in [0.15, 0.2) is 0 Å². The fourth-order valence-corrected chi connectivity index (χ4v) is 14.5. The number of hydrogen-bond donors (Lipinski definition) is 0. The number of fused-ring (bicyclic) bond motifs is 3. The zero-order valence-corrected chi connectivity index (χ0v) is 29.9. The van der Waals surface area contributed by atoms with Crippen molar-refractivity contribution in [3.8, 4) is 33.4 Å². The third-order valence-corrected chi connectivity index (χ3v) is 15.4. The second kappa shape index (κ2) is 13.1. The van der Waals surface area contributed by atoms with E-state index in [1.165, 1.54) is 92.4 Å². The summed E-state index contributed by atoms with van der Waals surface area (Å²) in [6, 6.07) is 24.3. The molecule has 0 spiro atoms.